The van der Waals surface area contributed by atoms with Crippen LogP contribution in [0.4, 0.5) is 0 Å². The number of primary amides is 1. The van der Waals surface area contributed by atoms with E-state index in [-0.39, 0.29) is 6.15 Å². The summed E-state index contributed by atoms with van der Waals surface area (Å²) in [5, 5.41) is 2.33. The van der Waals surface area contributed by atoms with Crippen LogP contribution in [0.2, 0.25) is 0 Å². The normalized spacial score (nSPS) is 10.1. The minimum Gasteiger partial charge on any atom is -0.748 e. The lowest BCUT2D eigenvalue weighted by molar-refractivity contribution is -0.117. The number of hydrogen-bond donors (Lipinski definition) is 3. The Kier molecular flexibility index (Phi) is 10.9. The molecule has 0 saturated carbocycles. The SMILES string of the molecule is C=CC(=O)NC(C)(C)CS(=O)(=O)[O-].C=CC(N)=O.[NH4+]. The van der Waals surface area contributed by atoms with E-state index in [2.05, 4.69) is 24.2 Å². The summed E-state index contributed by atoms with van der Waals surface area (Å²) in [6.07, 6.45) is 2.07. The maximum Gasteiger partial charge on any atom is 0.243 e. The van der Waals surface area contributed by atoms with Gasteiger partial charge >= 0.3 is 0 Å². The first-order valence-corrected chi connectivity index (χ1v) is 6.31. The highest BCUT2D eigenvalue weighted by Crippen LogP contribution is 2.05. The van der Waals surface area contributed by atoms with Crippen LogP contribution >= 0.6 is 0 Å². The largest absolute Gasteiger partial charge is 0.748 e. The smallest absolute Gasteiger partial charge is 0.243 e. The van der Waals surface area contributed by atoms with Crippen molar-refractivity contribution < 1.29 is 22.6 Å². The maximum atomic E-state index is 10.8. The van der Waals surface area contributed by atoms with E-state index >= 15 is 0 Å². The topological polar surface area (TPSA) is 166 Å². The summed E-state index contributed by atoms with van der Waals surface area (Å²) < 4.78 is 31.2. The first-order valence-electron chi connectivity index (χ1n) is 4.73. The second-order valence-corrected chi connectivity index (χ2v) is 5.29. The highest BCUT2D eigenvalue weighted by molar-refractivity contribution is 7.85. The second-order valence-electron chi connectivity index (χ2n) is 3.89. The van der Waals surface area contributed by atoms with Gasteiger partial charge in [-0.1, -0.05) is 13.2 Å². The van der Waals surface area contributed by atoms with E-state index in [1.54, 1.807) is 0 Å². The number of nitrogens with two attached hydrogens (primary N) is 1. The number of hydrogen-bond acceptors (Lipinski definition) is 5. The molecular formula is C10H21N3O5S. The van der Waals surface area contributed by atoms with Crippen LogP contribution < -0.4 is 17.2 Å². The zero-order chi connectivity index (χ0) is 15.0. The van der Waals surface area contributed by atoms with Crippen molar-refractivity contribution in [2.45, 2.75) is 19.4 Å². The number of carbonyl (C=O) groups is 2. The molecule has 2 amide bonds. The standard InChI is InChI=1S/C7H13NO4S.C3H5NO.H3N/c1-4-6(9)8-7(2,3)5-13(10,11)12;1-2-3(4)5;/h4H,1,5H2,2-3H3,(H,8,9)(H,10,11,12);2H,1H2,(H2,4,5);1H3. The molecule has 0 saturated heterocycles. The first kappa shape index (κ1) is 22.5. The molecule has 0 aromatic carbocycles. The molecule has 112 valence electrons. The van der Waals surface area contributed by atoms with Gasteiger partial charge in [0.1, 0.15) is 0 Å². The lowest BCUT2D eigenvalue weighted by Gasteiger charge is -2.26. The molecule has 0 bridgehead atoms. The van der Waals surface area contributed by atoms with Crippen LogP contribution in [0.1, 0.15) is 13.8 Å². The van der Waals surface area contributed by atoms with E-state index in [9.17, 15) is 22.6 Å². The molecule has 7 N–H and O–H groups in total. The van der Waals surface area contributed by atoms with Crippen molar-refractivity contribution in [2.75, 3.05) is 5.75 Å². The third kappa shape index (κ3) is 18.8. The Balaban J connectivity index is -0.000000366. The van der Waals surface area contributed by atoms with Crippen molar-refractivity contribution in [2.24, 2.45) is 5.73 Å². The lowest BCUT2D eigenvalue weighted by Crippen LogP contribution is -2.47. The summed E-state index contributed by atoms with van der Waals surface area (Å²) in [7, 11) is -4.33. The molecule has 0 atom stereocenters. The molecule has 0 aliphatic carbocycles. The average molecular weight is 295 g/mol. The summed E-state index contributed by atoms with van der Waals surface area (Å²) in [4.78, 5) is 20.3. The molecule has 0 aliphatic rings. The first-order chi connectivity index (χ1) is 7.93. The fourth-order valence-electron chi connectivity index (χ4n) is 0.863. The van der Waals surface area contributed by atoms with Gasteiger partial charge in [0.15, 0.2) is 0 Å². The van der Waals surface area contributed by atoms with Gasteiger partial charge in [0.05, 0.1) is 15.9 Å². The summed E-state index contributed by atoms with van der Waals surface area (Å²) >= 11 is 0. The summed E-state index contributed by atoms with van der Waals surface area (Å²) in [6.45, 7) is 9.18. The van der Waals surface area contributed by atoms with Crippen LogP contribution in [-0.4, -0.2) is 36.1 Å². The van der Waals surface area contributed by atoms with Crippen LogP contribution in [0.15, 0.2) is 25.3 Å². The minimum atomic E-state index is -4.33. The number of amides is 2. The number of quaternary nitrogens is 1. The van der Waals surface area contributed by atoms with Gasteiger partial charge in [-0.05, 0) is 26.0 Å². The Labute approximate surface area is 113 Å². The molecule has 0 rings (SSSR count). The van der Waals surface area contributed by atoms with Crippen LogP contribution in [0.5, 0.6) is 0 Å². The van der Waals surface area contributed by atoms with Crippen molar-refractivity contribution in [3.63, 3.8) is 0 Å². The molecule has 0 aromatic rings. The minimum absolute atomic E-state index is 0. The molecular weight excluding hydrogens is 274 g/mol. The Morgan fingerprint density at radius 1 is 1.32 bits per heavy atom. The van der Waals surface area contributed by atoms with Gasteiger partial charge in [-0.15, -0.1) is 0 Å². The second kappa shape index (κ2) is 9.25. The van der Waals surface area contributed by atoms with Gasteiger partial charge < -0.3 is 21.8 Å². The van der Waals surface area contributed by atoms with Crippen LogP contribution in [0, 0.1) is 0 Å². The third-order valence-electron chi connectivity index (χ3n) is 1.39. The van der Waals surface area contributed by atoms with Crippen molar-refractivity contribution in [3.05, 3.63) is 25.3 Å². The quantitative estimate of drug-likeness (QED) is 0.464. The molecule has 0 unspecified atom stereocenters. The molecule has 0 aromatic heterocycles. The van der Waals surface area contributed by atoms with E-state index in [0.29, 0.717) is 0 Å². The van der Waals surface area contributed by atoms with Gasteiger partial charge in [-0.3, -0.25) is 9.59 Å². The molecule has 9 heteroatoms. The Bertz CT molecular complexity index is 428. The van der Waals surface area contributed by atoms with Gasteiger partial charge in [0, 0.05) is 5.54 Å². The molecule has 0 heterocycles. The van der Waals surface area contributed by atoms with Gasteiger partial charge in [-0.2, -0.15) is 0 Å². The summed E-state index contributed by atoms with van der Waals surface area (Å²) in [5.74, 6) is -1.63. The number of carbonyl (C=O) groups excluding carboxylic acids is 2. The van der Waals surface area contributed by atoms with Crippen LogP contribution in [0.25, 0.3) is 0 Å². The van der Waals surface area contributed by atoms with Gasteiger partial charge in [-0.25, -0.2) is 8.42 Å². The fraction of sp³-hybridized carbons (Fsp3) is 0.400. The molecule has 8 nitrogen and oxygen atoms in total. The maximum absolute atomic E-state index is 10.8. The Morgan fingerprint density at radius 2 is 1.68 bits per heavy atom. The third-order valence-corrected chi connectivity index (χ3v) is 2.46. The lowest BCUT2D eigenvalue weighted by atomic mass is 10.1. The van der Waals surface area contributed by atoms with E-state index in [4.69, 9.17) is 0 Å². The molecule has 0 radical (unpaired) electrons. The van der Waals surface area contributed by atoms with E-state index < -0.39 is 33.2 Å². The summed E-state index contributed by atoms with van der Waals surface area (Å²) in [5.41, 5.74) is 3.47. The molecule has 0 fully saturated rings. The summed E-state index contributed by atoms with van der Waals surface area (Å²) in [6, 6.07) is 0. The van der Waals surface area contributed by atoms with E-state index in [0.717, 1.165) is 12.2 Å². The zero-order valence-electron chi connectivity index (χ0n) is 11.3. The number of nitrogens with one attached hydrogen (secondary N) is 1. The van der Waals surface area contributed by atoms with Crippen LogP contribution in [0.3, 0.4) is 0 Å². The predicted octanol–water partition coefficient (Wildman–Crippen LogP) is -0.354. The molecule has 0 spiro atoms. The van der Waals surface area contributed by atoms with Crippen molar-refractivity contribution in [3.8, 4) is 0 Å². The van der Waals surface area contributed by atoms with Gasteiger partial charge in [0.25, 0.3) is 0 Å². The van der Waals surface area contributed by atoms with E-state index in [1.165, 1.54) is 13.8 Å². The molecule has 0 aliphatic heterocycles. The fourth-order valence-corrected chi connectivity index (χ4v) is 1.82. The van der Waals surface area contributed by atoms with Gasteiger partial charge in [0.2, 0.25) is 11.8 Å². The van der Waals surface area contributed by atoms with Crippen molar-refractivity contribution in [1.82, 2.24) is 11.5 Å². The number of rotatable bonds is 5. The zero-order valence-corrected chi connectivity index (χ0v) is 12.1. The highest BCUT2D eigenvalue weighted by atomic mass is 32.2. The van der Waals surface area contributed by atoms with Crippen LogP contribution in [-0.2, 0) is 19.7 Å². The van der Waals surface area contributed by atoms with Crippen molar-refractivity contribution >= 4 is 21.9 Å². The Morgan fingerprint density at radius 3 is 1.89 bits per heavy atom. The predicted molar refractivity (Wildman–Crippen MR) is 72.4 cm³/mol. The Hall–Kier alpha value is -1.71. The molecule has 19 heavy (non-hydrogen) atoms. The highest BCUT2D eigenvalue weighted by Gasteiger charge is 2.21. The van der Waals surface area contributed by atoms with E-state index in [1.807, 2.05) is 0 Å². The van der Waals surface area contributed by atoms with Crippen molar-refractivity contribution in [1.29, 1.82) is 0 Å². The average Bonchev–Trinajstić information content (AvgIpc) is 2.13. The monoisotopic (exact) mass is 295 g/mol.